The Labute approximate surface area is 119 Å². The zero-order valence-corrected chi connectivity index (χ0v) is 12.3. The summed E-state index contributed by atoms with van der Waals surface area (Å²) in [6.07, 6.45) is 3.04. The summed E-state index contributed by atoms with van der Waals surface area (Å²) in [6.45, 7) is 4.45. The van der Waals surface area contributed by atoms with E-state index in [0.717, 1.165) is 19.3 Å². The van der Waals surface area contributed by atoms with Gasteiger partial charge in [0, 0.05) is 12.1 Å². The monoisotopic (exact) mass is 279 g/mol. The first-order chi connectivity index (χ1) is 9.51. The lowest BCUT2D eigenvalue weighted by molar-refractivity contribution is 0.0906. The fourth-order valence-electron chi connectivity index (χ4n) is 2.75. The Kier molecular flexibility index (Phi) is 4.63. The molecule has 3 atom stereocenters. The van der Waals surface area contributed by atoms with Gasteiger partial charge in [-0.1, -0.05) is 13.8 Å². The molecule has 0 aromatic heterocycles. The summed E-state index contributed by atoms with van der Waals surface area (Å²) >= 11 is 0. The number of hydrogen-bond donors (Lipinski definition) is 1. The van der Waals surface area contributed by atoms with E-state index in [2.05, 4.69) is 19.2 Å². The molecule has 1 fully saturated rings. The smallest absolute Gasteiger partial charge is 0.254 e. The van der Waals surface area contributed by atoms with Gasteiger partial charge in [-0.25, -0.2) is 4.39 Å². The van der Waals surface area contributed by atoms with Gasteiger partial charge in [0.25, 0.3) is 5.91 Å². The predicted octanol–water partition coefficient (Wildman–Crippen LogP) is 3.39. The summed E-state index contributed by atoms with van der Waals surface area (Å²) in [4.78, 5) is 12.1. The van der Waals surface area contributed by atoms with E-state index in [1.54, 1.807) is 6.07 Å². The van der Waals surface area contributed by atoms with Gasteiger partial charge in [-0.15, -0.1) is 0 Å². The molecule has 1 aliphatic carbocycles. The van der Waals surface area contributed by atoms with Crippen LogP contribution in [0.5, 0.6) is 5.75 Å². The molecule has 0 saturated heterocycles. The van der Waals surface area contributed by atoms with Crippen molar-refractivity contribution in [1.29, 1.82) is 0 Å². The minimum atomic E-state index is -0.543. The topological polar surface area (TPSA) is 38.3 Å². The van der Waals surface area contributed by atoms with Crippen molar-refractivity contribution in [2.75, 3.05) is 7.11 Å². The van der Waals surface area contributed by atoms with Crippen molar-refractivity contribution < 1.29 is 13.9 Å². The van der Waals surface area contributed by atoms with Crippen molar-refractivity contribution in [3.63, 3.8) is 0 Å². The van der Waals surface area contributed by atoms with Gasteiger partial charge in [0.05, 0.1) is 12.7 Å². The van der Waals surface area contributed by atoms with Gasteiger partial charge in [0.1, 0.15) is 11.6 Å². The molecule has 1 saturated carbocycles. The quantitative estimate of drug-likeness (QED) is 0.921. The number of methoxy groups -OCH3 is 1. The van der Waals surface area contributed by atoms with Gasteiger partial charge in [-0.3, -0.25) is 4.79 Å². The molecule has 1 N–H and O–H groups in total. The van der Waals surface area contributed by atoms with Crippen LogP contribution in [0.1, 0.15) is 43.5 Å². The average Bonchev–Trinajstić information content (AvgIpc) is 2.42. The molecule has 3 unspecified atom stereocenters. The lowest BCUT2D eigenvalue weighted by atomic mass is 9.79. The number of amides is 1. The van der Waals surface area contributed by atoms with Crippen LogP contribution in [0.25, 0.3) is 0 Å². The third-order valence-corrected chi connectivity index (χ3v) is 4.35. The van der Waals surface area contributed by atoms with Gasteiger partial charge >= 0.3 is 0 Å². The molecule has 3 nitrogen and oxygen atoms in total. The third kappa shape index (κ3) is 3.30. The molecule has 20 heavy (non-hydrogen) atoms. The number of carbonyl (C=O) groups excluding carboxylic acids is 1. The minimum absolute atomic E-state index is 0.0806. The van der Waals surface area contributed by atoms with Crippen LogP contribution in [-0.4, -0.2) is 19.1 Å². The molecule has 1 amide bonds. The molecular weight excluding hydrogens is 257 g/mol. The summed E-state index contributed by atoms with van der Waals surface area (Å²) in [5.74, 6) is 0.825. The first-order valence-electron chi connectivity index (χ1n) is 7.15. The zero-order chi connectivity index (χ0) is 14.7. The lowest BCUT2D eigenvalue weighted by Crippen LogP contribution is -2.40. The maximum Gasteiger partial charge on any atom is 0.254 e. The first-order valence-corrected chi connectivity index (χ1v) is 7.15. The summed E-state index contributed by atoms with van der Waals surface area (Å²) < 4.78 is 18.8. The molecule has 0 bridgehead atoms. The molecule has 0 spiro atoms. The third-order valence-electron chi connectivity index (χ3n) is 4.35. The fourth-order valence-corrected chi connectivity index (χ4v) is 2.75. The van der Waals surface area contributed by atoms with Gasteiger partial charge in [-0.2, -0.15) is 0 Å². The summed E-state index contributed by atoms with van der Waals surface area (Å²) in [5, 5.41) is 2.94. The van der Waals surface area contributed by atoms with E-state index in [1.165, 1.54) is 19.2 Å². The molecule has 1 aliphatic rings. The highest BCUT2D eigenvalue weighted by Gasteiger charge is 2.26. The summed E-state index contributed by atoms with van der Waals surface area (Å²) in [6, 6.07) is 4.46. The normalized spacial score (nSPS) is 26.1. The van der Waals surface area contributed by atoms with E-state index in [4.69, 9.17) is 4.74 Å². The van der Waals surface area contributed by atoms with Crippen LogP contribution in [0.3, 0.4) is 0 Å². The highest BCUT2D eigenvalue weighted by molar-refractivity contribution is 5.94. The number of ether oxygens (including phenoxy) is 1. The summed E-state index contributed by atoms with van der Waals surface area (Å²) in [7, 11) is 1.47. The van der Waals surface area contributed by atoms with Gasteiger partial charge in [0.15, 0.2) is 0 Å². The molecule has 1 aromatic rings. The average molecular weight is 279 g/mol. The van der Waals surface area contributed by atoms with Crippen molar-refractivity contribution in [1.82, 2.24) is 5.32 Å². The van der Waals surface area contributed by atoms with Gasteiger partial charge < -0.3 is 10.1 Å². The van der Waals surface area contributed by atoms with Gasteiger partial charge in [0.2, 0.25) is 0 Å². The van der Waals surface area contributed by atoms with E-state index in [1.807, 2.05) is 0 Å². The van der Waals surface area contributed by atoms with E-state index in [-0.39, 0.29) is 17.5 Å². The Morgan fingerprint density at radius 1 is 1.30 bits per heavy atom. The number of benzene rings is 1. The Morgan fingerprint density at radius 3 is 2.65 bits per heavy atom. The van der Waals surface area contributed by atoms with Crippen molar-refractivity contribution in [3.05, 3.63) is 29.6 Å². The highest BCUT2D eigenvalue weighted by Crippen LogP contribution is 2.29. The molecule has 0 radical (unpaired) electrons. The minimum Gasteiger partial charge on any atom is -0.497 e. The molecule has 110 valence electrons. The van der Waals surface area contributed by atoms with Crippen LogP contribution in [0.4, 0.5) is 4.39 Å². The summed E-state index contributed by atoms with van der Waals surface area (Å²) in [5.41, 5.74) is 0.0806. The maximum atomic E-state index is 13.8. The molecular formula is C16H22FNO2. The molecule has 0 aliphatic heterocycles. The molecule has 0 heterocycles. The SMILES string of the molecule is COc1ccc(C(=O)NC2CCC(C)C(C)C2)c(F)c1. The molecule has 4 heteroatoms. The van der Waals surface area contributed by atoms with Crippen molar-refractivity contribution >= 4 is 5.91 Å². The van der Waals surface area contributed by atoms with E-state index < -0.39 is 5.82 Å². The number of nitrogens with one attached hydrogen (secondary N) is 1. The second-order valence-electron chi connectivity index (χ2n) is 5.78. The molecule has 2 rings (SSSR count). The van der Waals surface area contributed by atoms with E-state index in [0.29, 0.717) is 17.6 Å². The van der Waals surface area contributed by atoms with Crippen molar-refractivity contribution in [2.24, 2.45) is 11.8 Å². The fraction of sp³-hybridized carbons (Fsp3) is 0.562. The second-order valence-corrected chi connectivity index (χ2v) is 5.78. The second kappa shape index (κ2) is 6.25. The van der Waals surface area contributed by atoms with Crippen LogP contribution in [0.15, 0.2) is 18.2 Å². The Bertz CT molecular complexity index is 489. The number of halogens is 1. The van der Waals surface area contributed by atoms with Gasteiger partial charge in [-0.05, 0) is 43.2 Å². The largest absolute Gasteiger partial charge is 0.497 e. The van der Waals surface area contributed by atoms with Crippen molar-refractivity contribution in [2.45, 2.75) is 39.2 Å². The van der Waals surface area contributed by atoms with E-state index in [9.17, 15) is 9.18 Å². The standard InChI is InChI=1S/C16H22FNO2/c1-10-4-5-12(8-11(10)2)18-16(19)14-7-6-13(20-3)9-15(14)17/h6-7,9-12H,4-5,8H2,1-3H3,(H,18,19). The predicted molar refractivity (Wildman–Crippen MR) is 76.4 cm³/mol. The highest BCUT2D eigenvalue weighted by atomic mass is 19.1. The van der Waals surface area contributed by atoms with Crippen LogP contribution in [-0.2, 0) is 0 Å². The number of hydrogen-bond acceptors (Lipinski definition) is 2. The van der Waals surface area contributed by atoms with Crippen molar-refractivity contribution in [3.8, 4) is 5.75 Å². The van der Waals surface area contributed by atoms with Crippen LogP contribution in [0.2, 0.25) is 0 Å². The molecule has 1 aromatic carbocycles. The Hall–Kier alpha value is -1.58. The number of rotatable bonds is 3. The first kappa shape index (κ1) is 14.8. The van der Waals surface area contributed by atoms with Crippen LogP contribution in [0, 0.1) is 17.7 Å². The zero-order valence-electron chi connectivity index (χ0n) is 12.3. The Balaban J connectivity index is 2.01. The van der Waals surface area contributed by atoms with Crippen LogP contribution >= 0.6 is 0 Å². The lowest BCUT2D eigenvalue weighted by Gasteiger charge is -2.32. The Morgan fingerprint density at radius 2 is 2.05 bits per heavy atom. The maximum absolute atomic E-state index is 13.8. The number of carbonyl (C=O) groups is 1. The van der Waals surface area contributed by atoms with E-state index >= 15 is 0 Å². The van der Waals surface area contributed by atoms with Crippen LogP contribution < -0.4 is 10.1 Å².